The van der Waals surface area contributed by atoms with Crippen molar-refractivity contribution >= 4 is 23.2 Å². The summed E-state index contributed by atoms with van der Waals surface area (Å²) in [6, 6.07) is 6.66. The van der Waals surface area contributed by atoms with Crippen LogP contribution in [0.1, 0.15) is 22.3 Å². The number of rotatable bonds is 3. The van der Waals surface area contributed by atoms with Crippen LogP contribution < -0.4 is 10.6 Å². The summed E-state index contributed by atoms with van der Waals surface area (Å²) < 4.78 is 5.58. The van der Waals surface area contributed by atoms with Crippen molar-refractivity contribution in [2.24, 2.45) is 0 Å². The third-order valence-electron chi connectivity index (χ3n) is 3.25. The predicted molar refractivity (Wildman–Crippen MR) is 83.0 cm³/mol. The highest BCUT2D eigenvalue weighted by atomic mass is 35.5. The molecular formula is C15H15ClN4O2. The van der Waals surface area contributed by atoms with Crippen molar-refractivity contribution in [2.45, 2.75) is 6.10 Å². The van der Waals surface area contributed by atoms with Crippen LogP contribution >= 0.6 is 11.6 Å². The van der Waals surface area contributed by atoms with Crippen LogP contribution in [0.15, 0.2) is 36.7 Å². The normalized spacial score (nSPS) is 18.0. The number of nitrogens with zero attached hydrogens (tertiary/aromatic N) is 2. The van der Waals surface area contributed by atoms with Gasteiger partial charge in [0, 0.05) is 23.7 Å². The first-order valence-electron chi connectivity index (χ1n) is 6.93. The topological polar surface area (TPSA) is 76.1 Å². The maximum Gasteiger partial charge on any atom is 0.255 e. The van der Waals surface area contributed by atoms with E-state index in [4.69, 9.17) is 16.3 Å². The number of benzene rings is 1. The van der Waals surface area contributed by atoms with Gasteiger partial charge in [0.05, 0.1) is 24.7 Å². The number of halogens is 1. The zero-order valence-electron chi connectivity index (χ0n) is 11.8. The van der Waals surface area contributed by atoms with Crippen LogP contribution in [0.5, 0.6) is 0 Å². The number of nitrogens with one attached hydrogen (secondary N) is 2. The van der Waals surface area contributed by atoms with Crippen molar-refractivity contribution in [3.05, 3.63) is 53.1 Å². The first-order valence-corrected chi connectivity index (χ1v) is 7.31. The van der Waals surface area contributed by atoms with Gasteiger partial charge in [-0.3, -0.25) is 4.79 Å². The molecule has 22 heavy (non-hydrogen) atoms. The molecule has 0 bridgehead atoms. The van der Waals surface area contributed by atoms with Crippen molar-refractivity contribution < 1.29 is 9.53 Å². The molecule has 2 aromatic rings. The van der Waals surface area contributed by atoms with E-state index in [0.29, 0.717) is 35.2 Å². The molecule has 3 rings (SSSR count). The molecule has 2 heterocycles. The number of hydrogen-bond donors (Lipinski definition) is 2. The van der Waals surface area contributed by atoms with E-state index < -0.39 is 0 Å². The fourth-order valence-corrected chi connectivity index (χ4v) is 2.23. The van der Waals surface area contributed by atoms with Crippen LogP contribution in [0.25, 0.3) is 0 Å². The fourth-order valence-electron chi connectivity index (χ4n) is 2.10. The summed E-state index contributed by atoms with van der Waals surface area (Å²) in [6.07, 6.45) is 3.01. The zero-order chi connectivity index (χ0) is 15.4. The third kappa shape index (κ3) is 3.59. The number of anilines is 1. The molecule has 7 heteroatoms. The smallest absolute Gasteiger partial charge is 0.255 e. The van der Waals surface area contributed by atoms with Crippen molar-refractivity contribution in [2.75, 3.05) is 25.0 Å². The van der Waals surface area contributed by atoms with Crippen LogP contribution in [0.3, 0.4) is 0 Å². The van der Waals surface area contributed by atoms with Gasteiger partial charge < -0.3 is 15.4 Å². The van der Waals surface area contributed by atoms with Crippen LogP contribution in [-0.2, 0) is 4.74 Å². The molecule has 1 aliphatic heterocycles. The molecule has 1 saturated heterocycles. The monoisotopic (exact) mass is 318 g/mol. The Morgan fingerprint density at radius 1 is 1.27 bits per heavy atom. The zero-order valence-corrected chi connectivity index (χ0v) is 12.5. The number of aromatic nitrogens is 2. The quantitative estimate of drug-likeness (QED) is 0.905. The number of morpholine rings is 1. The van der Waals surface area contributed by atoms with Gasteiger partial charge >= 0.3 is 0 Å². The Morgan fingerprint density at radius 2 is 2.00 bits per heavy atom. The number of ether oxygens (including phenoxy) is 1. The lowest BCUT2D eigenvalue weighted by atomic mass is 10.2. The highest BCUT2D eigenvalue weighted by molar-refractivity contribution is 6.30. The van der Waals surface area contributed by atoms with Crippen LogP contribution in [0.2, 0.25) is 5.02 Å². The average molecular weight is 319 g/mol. The van der Waals surface area contributed by atoms with Gasteiger partial charge in [-0.05, 0) is 24.3 Å². The standard InChI is InChI=1S/C15H15ClN4O2/c16-11-3-1-10(2-4-11)15(21)20-12-7-18-14(19-8-12)13-9-17-5-6-22-13/h1-4,7-8,13,17H,5-6,9H2,(H,20,21)/t13-/m1/s1. The third-order valence-corrected chi connectivity index (χ3v) is 3.50. The minimum Gasteiger partial charge on any atom is -0.368 e. The maximum atomic E-state index is 12.1. The number of amides is 1. The van der Waals surface area contributed by atoms with Gasteiger partial charge in [0.2, 0.25) is 0 Å². The van der Waals surface area contributed by atoms with Gasteiger partial charge in [0.15, 0.2) is 5.82 Å². The van der Waals surface area contributed by atoms with Crippen molar-refractivity contribution in [3.8, 4) is 0 Å². The van der Waals surface area contributed by atoms with Gasteiger partial charge in [-0.25, -0.2) is 9.97 Å². The summed E-state index contributed by atoms with van der Waals surface area (Å²) >= 11 is 5.80. The molecule has 0 aliphatic carbocycles. The molecule has 0 saturated carbocycles. The molecular weight excluding hydrogens is 304 g/mol. The molecule has 0 radical (unpaired) electrons. The van der Waals surface area contributed by atoms with Gasteiger partial charge in [0.25, 0.3) is 5.91 Å². The second-order valence-corrected chi connectivity index (χ2v) is 5.29. The highest BCUT2D eigenvalue weighted by Crippen LogP contribution is 2.16. The molecule has 1 aromatic carbocycles. The highest BCUT2D eigenvalue weighted by Gasteiger charge is 2.18. The van der Waals surface area contributed by atoms with E-state index in [1.165, 1.54) is 0 Å². The second-order valence-electron chi connectivity index (χ2n) is 4.85. The second kappa shape index (κ2) is 6.83. The van der Waals surface area contributed by atoms with E-state index >= 15 is 0 Å². The number of carbonyl (C=O) groups is 1. The Hall–Kier alpha value is -2.02. The van der Waals surface area contributed by atoms with Crippen LogP contribution in [-0.4, -0.2) is 35.6 Å². The minimum atomic E-state index is -0.233. The van der Waals surface area contributed by atoms with Crippen LogP contribution in [0.4, 0.5) is 5.69 Å². The van der Waals surface area contributed by atoms with Crippen molar-refractivity contribution in [1.29, 1.82) is 0 Å². The lowest BCUT2D eigenvalue weighted by Gasteiger charge is -2.22. The lowest BCUT2D eigenvalue weighted by molar-refractivity contribution is 0.0221. The van der Waals surface area contributed by atoms with Gasteiger partial charge in [-0.2, -0.15) is 0 Å². The molecule has 1 atom stereocenters. The number of carbonyl (C=O) groups excluding carboxylic acids is 1. The summed E-state index contributed by atoms with van der Waals surface area (Å²) in [5, 5.41) is 6.55. The molecule has 1 aromatic heterocycles. The molecule has 114 valence electrons. The molecule has 0 spiro atoms. The first-order chi connectivity index (χ1) is 10.7. The minimum absolute atomic E-state index is 0.144. The molecule has 2 N–H and O–H groups in total. The summed E-state index contributed by atoms with van der Waals surface area (Å²) in [5.74, 6) is 0.375. The van der Waals surface area contributed by atoms with Crippen molar-refractivity contribution in [3.63, 3.8) is 0 Å². The van der Waals surface area contributed by atoms with Gasteiger partial charge in [0.1, 0.15) is 6.10 Å². The Balaban J connectivity index is 1.65. The van der Waals surface area contributed by atoms with Crippen molar-refractivity contribution in [1.82, 2.24) is 15.3 Å². The van der Waals surface area contributed by atoms with E-state index in [9.17, 15) is 4.79 Å². The largest absolute Gasteiger partial charge is 0.368 e. The van der Waals surface area contributed by atoms with E-state index in [1.807, 2.05) is 0 Å². The van der Waals surface area contributed by atoms with E-state index in [0.717, 1.165) is 6.54 Å². The molecule has 6 nitrogen and oxygen atoms in total. The Kier molecular flexibility index (Phi) is 4.62. The molecule has 0 unspecified atom stereocenters. The van der Waals surface area contributed by atoms with Crippen LogP contribution in [0, 0.1) is 0 Å². The predicted octanol–water partition coefficient (Wildman–Crippen LogP) is 2.04. The van der Waals surface area contributed by atoms with Gasteiger partial charge in [-0.1, -0.05) is 11.6 Å². The van der Waals surface area contributed by atoms with Gasteiger partial charge in [-0.15, -0.1) is 0 Å². The fraction of sp³-hybridized carbons (Fsp3) is 0.267. The summed E-state index contributed by atoms with van der Waals surface area (Å²) in [7, 11) is 0. The lowest BCUT2D eigenvalue weighted by Crippen LogP contribution is -2.34. The van der Waals surface area contributed by atoms with E-state index in [-0.39, 0.29) is 12.0 Å². The van der Waals surface area contributed by atoms with E-state index in [2.05, 4.69) is 20.6 Å². The summed E-state index contributed by atoms with van der Waals surface area (Å²) in [4.78, 5) is 20.6. The first kappa shape index (κ1) is 14.9. The molecule has 1 aliphatic rings. The van der Waals surface area contributed by atoms with E-state index in [1.54, 1.807) is 36.7 Å². The molecule has 1 fully saturated rings. The summed E-state index contributed by atoms with van der Waals surface area (Å²) in [6.45, 7) is 2.17. The Morgan fingerprint density at radius 3 is 2.64 bits per heavy atom. The molecule has 1 amide bonds. The summed E-state index contributed by atoms with van der Waals surface area (Å²) in [5.41, 5.74) is 1.06. The SMILES string of the molecule is O=C(Nc1cnc([C@H]2CNCCO2)nc1)c1ccc(Cl)cc1. The maximum absolute atomic E-state index is 12.1. The number of hydrogen-bond acceptors (Lipinski definition) is 5. The Bertz CT molecular complexity index is 640. The average Bonchev–Trinajstić information content (AvgIpc) is 2.57. The Labute approximate surface area is 132 Å².